The van der Waals surface area contributed by atoms with Crippen LogP contribution in [-0.2, 0) is 33.4 Å². The SMILES string of the molecule is C[C@H](CCC(=O)O)C1CC[C@H]2[C@H]3[C@H](C[C@H](OC=O)[C@]12C)[C@H]1CC[C@@H](OC=O)C[C@H]1C[C@H]3OC=O. The average Bonchev–Trinajstić information content (AvgIpc) is 3.16. The van der Waals surface area contributed by atoms with Crippen molar-refractivity contribution in [3.8, 4) is 0 Å². The van der Waals surface area contributed by atoms with Crippen molar-refractivity contribution in [3.05, 3.63) is 0 Å². The Morgan fingerprint density at radius 1 is 0.971 bits per heavy atom. The fourth-order valence-electron chi connectivity index (χ4n) is 8.97. The molecule has 1 unspecified atom stereocenters. The summed E-state index contributed by atoms with van der Waals surface area (Å²) in [6.07, 6.45) is 6.19. The predicted octanol–water partition coefficient (Wildman–Crippen LogP) is 3.60. The first kappa shape index (κ1) is 25.0. The van der Waals surface area contributed by atoms with Crippen LogP contribution in [0.3, 0.4) is 0 Å². The molecular formula is C26H38O8. The zero-order chi connectivity index (χ0) is 24.5. The molecular weight excluding hydrogens is 440 g/mol. The highest BCUT2D eigenvalue weighted by Gasteiger charge is 2.65. The van der Waals surface area contributed by atoms with E-state index in [-0.39, 0.29) is 59.7 Å². The molecule has 11 atom stereocenters. The Bertz CT molecular complexity index is 770. The highest BCUT2D eigenvalue weighted by Crippen LogP contribution is 2.66. The minimum Gasteiger partial charge on any atom is -0.481 e. The third-order valence-corrected chi connectivity index (χ3v) is 10.2. The van der Waals surface area contributed by atoms with Crippen LogP contribution in [0.4, 0.5) is 0 Å². The molecule has 1 N–H and O–H groups in total. The van der Waals surface area contributed by atoms with Crippen molar-refractivity contribution in [2.24, 2.45) is 46.8 Å². The van der Waals surface area contributed by atoms with E-state index in [1.807, 2.05) is 0 Å². The average molecular weight is 479 g/mol. The summed E-state index contributed by atoms with van der Waals surface area (Å²) in [5.41, 5.74) is -0.283. The Hall–Kier alpha value is -2.12. The molecule has 0 spiro atoms. The van der Waals surface area contributed by atoms with Gasteiger partial charge in [-0.05, 0) is 86.9 Å². The molecule has 0 amide bonds. The van der Waals surface area contributed by atoms with Crippen LogP contribution in [0.5, 0.6) is 0 Å². The number of rotatable bonds is 10. The van der Waals surface area contributed by atoms with Gasteiger partial charge in [-0.3, -0.25) is 19.2 Å². The smallest absolute Gasteiger partial charge is 0.303 e. The maximum Gasteiger partial charge on any atom is 0.303 e. The lowest BCUT2D eigenvalue weighted by molar-refractivity contribution is -0.198. The summed E-state index contributed by atoms with van der Waals surface area (Å²) in [7, 11) is 0. The van der Waals surface area contributed by atoms with E-state index < -0.39 is 5.97 Å². The molecule has 4 aliphatic carbocycles. The molecule has 0 radical (unpaired) electrons. The number of carboxylic acids is 1. The highest BCUT2D eigenvalue weighted by molar-refractivity contribution is 5.66. The Morgan fingerprint density at radius 2 is 1.71 bits per heavy atom. The maximum absolute atomic E-state index is 11.6. The van der Waals surface area contributed by atoms with E-state index in [1.165, 1.54) is 0 Å². The quantitative estimate of drug-likeness (QED) is 0.374. The number of fused-ring (bicyclic) bond motifs is 5. The number of hydrogen-bond donors (Lipinski definition) is 1. The Balaban J connectivity index is 1.64. The van der Waals surface area contributed by atoms with Crippen molar-refractivity contribution in [1.29, 1.82) is 0 Å². The fourth-order valence-corrected chi connectivity index (χ4v) is 8.97. The molecule has 0 aromatic rings. The number of hydrogen-bond acceptors (Lipinski definition) is 7. The minimum atomic E-state index is -0.789. The van der Waals surface area contributed by atoms with Gasteiger partial charge < -0.3 is 19.3 Å². The van der Waals surface area contributed by atoms with Gasteiger partial charge in [-0.15, -0.1) is 0 Å². The molecule has 8 nitrogen and oxygen atoms in total. The summed E-state index contributed by atoms with van der Waals surface area (Å²) in [6, 6.07) is 0. The summed E-state index contributed by atoms with van der Waals surface area (Å²) in [6.45, 7) is 6.00. The summed E-state index contributed by atoms with van der Waals surface area (Å²) in [4.78, 5) is 45.2. The molecule has 4 fully saturated rings. The summed E-state index contributed by atoms with van der Waals surface area (Å²) < 4.78 is 16.8. The maximum atomic E-state index is 11.6. The molecule has 0 bridgehead atoms. The summed E-state index contributed by atoms with van der Waals surface area (Å²) >= 11 is 0. The van der Waals surface area contributed by atoms with E-state index in [0.29, 0.717) is 37.7 Å². The second-order valence-corrected chi connectivity index (χ2v) is 11.4. The van der Waals surface area contributed by atoms with Gasteiger partial charge in [-0.1, -0.05) is 13.8 Å². The molecule has 0 saturated heterocycles. The first-order valence-electron chi connectivity index (χ1n) is 12.8. The standard InChI is InChI=1S/C26H38O8/c1-15(3-8-24(30)31)20-6-7-21-25-19(11-23(34-14-29)26(20,21)2)18-5-4-17(32-12-27)9-16(18)10-22(25)33-13-28/h12-23,25H,3-11H2,1-2H3,(H,30,31)/t15-,16+,17-,18+,19-,20?,21+,22-,23+,25-,26-/m1/s1. The van der Waals surface area contributed by atoms with Crippen LogP contribution in [0.15, 0.2) is 0 Å². The van der Waals surface area contributed by atoms with Crippen molar-refractivity contribution < 1.29 is 38.5 Å². The molecule has 4 saturated carbocycles. The highest BCUT2D eigenvalue weighted by atomic mass is 16.5. The molecule has 0 aromatic heterocycles. The predicted molar refractivity (Wildman–Crippen MR) is 120 cm³/mol. The normalized spacial score (nSPS) is 43.9. The van der Waals surface area contributed by atoms with E-state index in [9.17, 15) is 24.3 Å². The number of aliphatic carboxylic acids is 1. The number of carboxylic acid groups (broad SMARTS) is 1. The molecule has 0 aliphatic heterocycles. The van der Waals surface area contributed by atoms with E-state index in [0.717, 1.165) is 44.9 Å². The molecule has 0 aromatic carbocycles. The minimum absolute atomic E-state index is 0.0889. The lowest BCUT2D eigenvalue weighted by Crippen LogP contribution is -2.60. The van der Waals surface area contributed by atoms with Crippen LogP contribution >= 0.6 is 0 Å². The lowest BCUT2D eigenvalue weighted by Gasteiger charge is -2.60. The van der Waals surface area contributed by atoms with Gasteiger partial charge in [0.25, 0.3) is 19.4 Å². The van der Waals surface area contributed by atoms with Crippen molar-refractivity contribution in [1.82, 2.24) is 0 Å². The second-order valence-electron chi connectivity index (χ2n) is 11.4. The van der Waals surface area contributed by atoms with E-state index in [2.05, 4.69) is 13.8 Å². The van der Waals surface area contributed by atoms with Gasteiger partial charge in [-0.2, -0.15) is 0 Å². The van der Waals surface area contributed by atoms with Crippen LogP contribution in [0, 0.1) is 46.8 Å². The molecule has 0 heterocycles. The second kappa shape index (κ2) is 10.2. The van der Waals surface area contributed by atoms with E-state index >= 15 is 0 Å². The fraction of sp³-hybridized carbons (Fsp3) is 0.846. The van der Waals surface area contributed by atoms with Crippen LogP contribution in [0.2, 0.25) is 0 Å². The molecule has 190 valence electrons. The lowest BCUT2D eigenvalue weighted by atomic mass is 9.47. The van der Waals surface area contributed by atoms with Crippen molar-refractivity contribution in [3.63, 3.8) is 0 Å². The van der Waals surface area contributed by atoms with Crippen LogP contribution in [0.25, 0.3) is 0 Å². The van der Waals surface area contributed by atoms with Gasteiger partial charge in [0.2, 0.25) is 0 Å². The first-order valence-corrected chi connectivity index (χ1v) is 12.8. The van der Waals surface area contributed by atoms with Crippen molar-refractivity contribution in [2.75, 3.05) is 0 Å². The molecule has 4 rings (SSSR count). The van der Waals surface area contributed by atoms with Crippen molar-refractivity contribution >= 4 is 25.4 Å². The third-order valence-electron chi connectivity index (χ3n) is 10.2. The molecule has 34 heavy (non-hydrogen) atoms. The number of carbonyl (C=O) groups is 4. The van der Waals surface area contributed by atoms with Gasteiger partial charge >= 0.3 is 5.97 Å². The van der Waals surface area contributed by atoms with Gasteiger partial charge in [-0.25, -0.2) is 0 Å². The van der Waals surface area contributed by atoms with Gasteiger partial charge in [0.15, 0.2) is 0 Å². The van der Waals surface area contributed by atoms with Crippen LogP contribution in [0.1, 0.15) is 71.6 Å². The Morgan fingerprint density at radius 3 is 2.38 bits per heavy atom. The zero-order valence-electron chi connectivity index (χ0n) is 20.2. The van der Waals surface area contributed by atoms with Crippen LogP contribution in [-0.4, -0.2) is 48.8 Å². The zero-order valence-corrected chi connectivity index (χ0v) is 20.2. The van der Waals surface area contributed by atoms with Crippen molar-refractivity contribution in [2.45, 2.75) is 89.9 Å². The first-order chi connectivity index (χ1) is 16.3. The Kier molecular flexibility index (Phi) is 7.53. The van der Waals surface area contributed by atoms with E-state index in [4.69, 9.17) is 14.2 Å². The molecule has 8 heteroatoms. The number of ether oxygens (including phenoxy) is 3. The van der Waals surface area contributed by atoms with Gasteiger partial charge in [0, 0.05) is 17.8 Å². The Labute approximate surface area is 201 Å². The third kappa shape index (κ3) is 4.33. The summed E-state index contributed by atoms with van der Waals surface area (Å²) in [5, 5.41) is 9.20. The topological polar surface area (TPSA) is 116 Å². The largest absolute Gasteiger partial charge is 0.481 e. The van der Waals surface area contributed by atoms with E-state index in [1.54, 1.807) is 0 Å². The number of carbonyl (C=O) groups excluding carboxylic acids is 3. The van der Waals surface area contributed by atoms with Gasteiger partial charge in [0.05, 0.1) is 0 Å². The van der Waals surface area contributed by atoms with Crippen LogP contribution < -0.4 is 0 Å². The summed E-state index contributed by atoms with van der Waals surface area (Å²) in [5.74, 6) is 1.09. The van der Waals surface area contributed by atoms with Gasteiger partial charge in [0.1, 0.15) is 18.3 Å². The molecule has 4 aliphatic rings. The monoisotopic (exact) mass is 478 g/mol.